The summed E-state index contributed by atoms with van der Waals surface area (Å²) in [5, 5.41) is 9.78. The maximum Gasteiger partial charge on any atom is 0.247 e. The standard InChI is InChI=1S/C29H33ClN4O6/c1-5-29(3,4)32-28(37)27(20-8-6-7-9-21(20)30)34(16-19-10-11-22-23(15-19)39-17-38-22)26(36)13-12-25(35)31-24-14-18(2)40-33-24/h6-11,14-15,27H,5,12-13,16-17H2,1-4H3,(H,32,37)(H,31,33,35)/t27-/m0/s1. The molecule has 0 saturated heterocycles. The average Bonchev–Trinajstić information content (AvgIpc) is 3.55. The number of carbonyl (C=O) groups excluding carboxylic acids is 3. The van der Waals surface area contributed by atoms with Gasteiger partial charge in [-0.3, -0.25) is 14.4 Å². The topological polar surface area (TPSA) is 123 Å². The van der Waals surface area contributed by atoms with Crippen LogP contribution in [0.15, 0.2) is 53.1 Å². The van der Waals surface area contributed by atoms with E-state index in [0.29, 0.717) is 34.3 Å². The van der Waals surface area contributed by atoms with Crippen molar-refractivity contribution in [3.8, 4) is 11.5 Å². The van der Waals surface area contributed by atoms with Gasteiger partial charge in [0.25, 0.3) is 0 Å². The Morgan fingerprint density at radius 1 is 1.07 bits per heavy atom. The molecule has 2 N–H and O–H groups in total. The number of amides is 3. The van der Waals surface area contributed by atoms with Crippen molar-refractivity contribution in [2.75, 3.05) is 12.1 Å². The lowest BCUT2D eigenvalue weighted by Crippen LogP contribution is -2.50. The molecule has 3 amide bonds. The zero-order valence-electron chi connectivity index (χ0n) is 23.0. The van der Waals surface area contributed by atoms with Crippen LogP contribution in [-0.2, 0) is 20.9 Å². The van der Waals surface area contributed by atoms with E-state index in [1.54, 1.807) is 49.4 Å². The van der Waals surface area contributed by atoms with Gasteiger partial charge in [-0.05, 0) is 51.0 Å². The Hall–Kier alpha value is -4.05. The first-order valence-electron chi connectivity index (χ1n) is 13.0. The first-order valence-corrected chi connectivity index (χ1v) is 13.4. The molecule has 0 spiro atoms. The molecular weight excluding hydrogens is 536 g/mol. The minimum absolute atomic E-state index is 0.0649. The summed E-state index contributed by atoms with van der Waals surface area (Å²) in [5.74, 6) is 0.780. The van der Waals surface area contributed by atoms with Crippen LogP contribution >= 0.6 is 11.6 Å². The van der Waals surface area contributed by atoms with Crippen LogP contribution in [0.3, 0.4) is 0 Å². The van der Waals surface area contributed by atoms with E-state index in [9.17, 15) is 14.4 Å². The van der Waals surface area contributed by atoms with Gasteiger partial charge >= 0.3 is 0 Å². The minimum Gasteiger partial charge on any atom is -0.454 e. The number of halogens is 1. The lowest BCUT2D eigenvalue weighted by atomic mass is 9.98. The Morgan fingerprint density at radius 2 is 1.82 bits per heavy atom. The van der Waals surface area contributed by atoms with Crippen LogP contribution in [0.25, 0.3) is 0 Å². The molecule has 10 nitrogen and oxygen atoms in total. The first kappa shape index (κ1) is 28.9. The predicted molar refractivity (Wildman–Crippen MR) is 149 cm³/mol. The molecule has 0 aliphatic carbocycles. The molecule has 0 fully saturated rings. The van der Waals surface area contributed by atoms with Crippen LogP contribution in [0.1, 0.15) is 63.0 Å². The SMILES string of the molecule is CCC(C)(C)NC(=O)[C@H](c1ccccc1Cl)N(Cc1ccc2c(c1)OCO2)C(=O)CCC(=O)Nc1cc(C)on1. The van der Waals surface area contributed by atoms with E-state index in [4.69, 9.17) is 25.6 Å². The minimum atomic E-state index is -1.06. The number of aryl methyl sites for hydroxylation is 1. The highest BCUT2D eigenvalue weighted by atomic mass is 35.5. The molecule has 2 aromatic carbocycles. The van der Waals surface area contributed by atoms with Crippen LogP contribution in [-0.4, -0.2) is 40.1 Å². The molecule has 0 radical (unpaired) electrons. The molecule has 0 unspecified atom stereocenters. The van der Waals surface area contributed by atoms with Crippen molar-refractivity contribution in [1.29, 1.82) is 0 Å². The van der Waals surface area contributed by atoms with Gasteiger partial charge in [0.15, 0.2) is 17.3 Å². The van der Waals surface area contributed by atoms with Crippen molar-refractivity contribution in [3.05, 3.63) is 70.4 Å². The van der Waals surface area contributed by atoms with Gasteiger partial charge in [-0.25, -0.2) is 0 Å². The van der Waals surface area contributed by atoms with E-state index in [2.05, 4.69) is 15.8 Å². The molecule has 1 aliphatic rings. The normalized spacial score (nSPS) is 13.0. The Bertz CT molecular complexity index is 1390. The quantitative estimate of drug-likeness (QED) is 0.327. The van der Waals surface area contributed by atoms with E-state index >= 15 is 0 Å². The molecule has 40 heavy (non-hydrogen) atoms. The van der Waals surface area contributed by atoms with Gasteiger partial charge in [0.1, 0.15) is 11.8 Å². The smallest absolute Gasteiger partial charge is 0.247 e. The molecule has 212 valence electrons. The summed E-state index contributed by atoms with van der Waals surface area (Å²) in [7, 11) is 0. The van der Waals surface area contributed by atoms with E-state index in [-0.39, 0.29) is 37.9 Å². The third kappa shape index (κ3) is 7.12. The van der Waals surface area contributed by atoms with Gasteiger partial charge < -0.3 is 29.5 Å². The Kier molecular flexibility index (Phi) is 8.99. The van der Waals surface area contributed by atoms with Crippen molar-refractivity contribution in [2.24, 2.45) is 0 Å². The van der Waals surface area contributed by atoms with E-state index in [1.807, 2.05) is 26.8 Å². The molecule has 0 saturated carbocycles. The number of hydrogen-bond acceptors (Lipinski definition) is 7. The van der Waals surface area contributed by atoms with Gasteiger partial charge in [-0.15, -0.1) is 0 Å². The predicted octanol–water partition coefficient (Wildman–Crippen LogP) is 5.16. The molecule has 11 heteroatoms. The Balaban J connectivity index is 1.65. The maximum atomic E-state index is 13.9. The maximum absolute atomic E-state index is 13.9. The summed E-state index contributed by atoms with van der Waals surface area (Å²) >= 11 is 6.58. The molecule has 1 aliphatic heterocycles. The number of benzene rings is 2. The Morgan fingerprint density at radius 3 is 2.52 bits per heavy atom. The highest BCUT2D eigenvalue weighted by molar-refractivity contribution is 6.31. The number of carbonyl (C=O) groups is 3. The molecule has 0 bridgehead atoms. The van der Waals surface area contributed by atoms with E-state index in [1.165, 1.54) is 4.90 Å². The fourth-order valence-corrected chi connectivity index (χ4v) is 4.43. The molecule has 3 aromatic rings. The lowest BCUT2D eigenvalue weighted by Gasteiger charge is -2.35. The molecule has 1 atom stereocenters. The molecular formula is C29H33ClN4O6. The number of nitrogens with one attached hydrogen (secondary N) is 2. The highest BCUT2D eigenvalue weighted by Crippen LogP contribution is 2.35. The molecule has 1 aromatic heterocycles. The highest BCUT2D eigenvalue weighted by Gasteiger charge is 2.35. The summed E-state index contributed by atoms with van der Waals surface area (Å²) in [6.07, 6.45) is 0.393. The van der Waals surface area contributed by atoms with Crippen LogP contribution in [0.2, 0.25) is 5.02 Å². The van der Waals surface area contributed by atoms with Crippen molar-refractivity contribution >= 4 is 35.1 Å². The fourth-order valence-electron chi connectivity index (χ4n) is 4.19. The summed E-state index contributed by atoms with van der Waals surface area (Å²) in [4.78, 5) is 41.8. The number of fused-ring (bicyclic) bond motifs is 1. The monoisotopic (exact) mass is 568 g/mol. The zero-order chi connectivity index (χ0) is 28.9. The average molecular weight is 569 g/mol. The van der Waals surface area contributed by atoms with Gasteiger partial charge in [0.05, 0.1) is 0 Å². The number of nitrogens with zero attached hydrogens (tertiary/aromatic N) is 2. The van der Waals surface area contributed by atoms with Gasteiger partial charge in [-0.1, -0.05) is 47.9 Å². The number of ether oxygens (including phenoxy) is 2. The second kappa shape index (κ2) is 12.4. The van der Waals surface area contributed by atoms with Crippen molar-refractivity contribution in [2.45, 2.75) is 65.1 Å². The van der Waals surface area contributed by atoms with Crippen LogP contribution < -0.4 is 20.1 Å². The van der Waals surface area contributed by atoms with E-state index < -0.39 is 23.4 Å². The second-order valence-electron chi connectivity index (χ2n) is 10.2. The van der Waals surface area contributed by atoms with E-state index in [0.717, 1.165) is 5.56 Å². The van der Waals surface area contributed by atoms with Crippen LogP contribution in [0, 0.1) is 6.92 Å². The molecule has 4 rings (SSSR count). The Labute approximate surface area is 237 Å². The number of rotatable bonds is 11. The zero-order valence-corrected chi connectivity index (χ0v) is 23.7. The number of anilines is 1. The first-order chi connectivity index (χ1) is 19.1. The third-order valence-electron chi connectivity index (χ3n) is 6.68. The number of hydrogen-bond donors (Lipinski definition) is 2. The van der Waals surface area contributed by atoms with Crippen molar-refractivity contribution in [1.82, 2.24) is 15.4 Å². The largest absolute Gasteiger partial charge is 0.454 e. The van der Waals surface area contributed by atoms with Crippen LogP contribution in [0.4, 0.5) is 5.82 Å². The summed E-state index contributed by atoms with van der Waals surface area (Å²) in [6.45, 7) is 7.67. The van der Waals surface area contributed by atoms with Gasteiger partial charge in [0.2, 0.25) is 24.5 Å². The van der Waals surface area contributed by atoms with Gasteiger partial charge in [0, 0.05) is 41.6 Å². The summed E-state index contributed by atoms with van der Waals surface area (Å²) in [5.41, 5.74) is 0.671. The third-order valence-corrected chi connectivity index (χ3v) is 7.02. The molecule has 2 heterocycles. The van der Waals surface area contributed by atoms with Crippen molar-refractivity contribution in [3.63, 3.8) is 0 Å². The summed E-state index contributed by atoms with van der Waals surface area (Å²) in [6, 6.07) is 12.8. The lowest BCUT2D eigenvalue weighted by molar-refractivity contribution is -0.142. The second-order valence-corrected chi connectivity index (χ2v) is 10.6. The van der Waals surface area contributed by atoms with Gasteiger partial charge in [-0.2, -0.15) is 0 Å². The summed E-state index contributed by atoms with van der Waals surface area (Å²) < 4.78 is 15.9. The fraction of sp³-hybridized carbons (Fsp3) is 0.379. The van der Waals surface area contributed by atoms with Crippen LogP contribution in [0.5, 0.6) is 11.5 Å². The van der Waals surface area contributed by atoms with Crippen molar-refractivity contribution < 1.29 is 28.4 Å². The number of aromatic nitrogens is 1.